The van der Waals surface area contributed by atoms with Crippen LogP contribution in [0.5, 0.6) is 0 Å². The first kappa shape index (κ1) is 16.9. The Balaban J connectivity index is 0.00000289. The first-order valence-corrected chi connectivity index (χ1v) is 5.92. The van der Waals surface area contributed by atoms with E-state index in [1.165, 1.54) is 0 Å². The van der Waals surface area contributed by atoms with Gasteiger partial charge in [-0.15, -0.1) is 12.4 Å². The second-order valence-electron chi connectivity index (χ2n) is 4.76. The van der Waals surface area contributed by atoms with Crippen LogP contribution >= 0.6 is 12.4 Å². The summed E-state index contributed by atoms with van der Waals surface area (Å²) in [5.41, 5.74) is 6.56. The third-order valence-corrected chi connectivity index (χ3v) is 3.04. The third-order valence-electron chi connectivity index (χ3n) is 3.04. The Bertz CT molecular complexity index is 378. The lowest BCUT2D eigenvalue weighted by molar-refractivity contribution is 0.0778. The van der Waals surface area contributed by atoms with Crippen LogP contribution in [0, 0.1) is 5.92 Å². The number of amides is 1. The molecule has 6 heteroatoms. The fourth-order valence-electron chi connectivity index (χ4n) is 1.56. The van der Waals surface area contributed by atoms with Gasteiger partial charge in [0.05, 0.1) is 0 Å². The number of aromatic nitrogens is 2. The number of halogens is 1. The van der Waals surface area contributed by atoms with Crippen LogP contribution in [0.15, 0.2) is 12.3 Å². The maximum atomic E-state index is 12.0. The number of nitrogens with zero attached hydrogens (tertiary/aromatic N) is 3. The first-order valence-electron chi connectivity index (χ1n) is 5.92. The van der Waals surface area contributed by atoms with E-state index in [0.717, 1.165) is 6.42 Å². The minimum atomic E-state index is -0.0130. The minimum absolute atomic E-state index is 0. The van der Waals surface area contributed by atoms with Gasteiger partial charge in [0.15, 0.2) is 0 Å². The molecular formula is C12H23ClN4O. The van der Waals surface area contributed by atoms with Crippen LogP contribution in [0.4, 0.5) is 0 Å². The predicted octanol–water partition coefficient (Wildman–Crippen LogP) is 1.29. The molecule has 0 saturated carbocycles. The Morgan fingerprint density at radius 2 is 2.17 bits per heavy atom. The van der Waals surface area contributed by atoms with E-state index in [2.05, 4.69) is 18.9 Å². The zero-order valence-corrected chi connectivity index (χ0v) is 12.3. The molecule has 0 bridgehead atoms. The maximum Gasteiger partial charge on any atom is 0.271 e. The fourth-order valence-corrected chi connectivity index (χ4v) is 1.56. The maximum absolute atomic E-state index is 12.0. The van der Waals surface area contributed by atoms with E-state index in [-0.39, 0.29) is 24.4 Å². The van der Waals surface area contributed by atoms with Gasteiger partial charge < -0.3 is 10.6 Å². The van der Waals surface area contributed by atoms with Gasteiger partial charge in [0.25, 0.3) is 5.91 Å². The summed E-state index contributed by atoms with van der Waals surface area (Å²) in [6, 6.07) is 1.86. The van der Waals surface area contributed by atoms with Crippen molar-refractivity contribution in [3.05, 3.63) is 18.0 Å². The van der Waals surface area contributed by atoms with Crippen molar-refractivity contribution in [2.45, 2.75) is 26.3 Å². The molecule has 1 atom stereocenters. The number of hydrogen-bond donors (Lipinski definition) is 1. The van der Waals surface area contributed by atoms with Gasteiger partial charge in [-0.1, -0.05) is 13.8 Å². The Kier molecular flexibility index (Phi) is 6.94. The molecule has 1 aromatic rings. The average Bonchev–Trinajstić information content (AvgIpc) is 2.70. The molecule has 2 N–H and O–H groups in total. The molecule has 1 heterocycles. The molecule has 18 heavy (non-hydrogen) atoms. The molecule has 0 aliphatic heterocycles. The van der Waals surface area contributed by atoms with Crippen LogP contribution in [0.2, 0.25) is 0 Å². The lowest BCUT2D eigenvalue weighted by Gasteiger charge is -2.21. The van der Waals surface area contributed by atoms with Crippen molar-refractivity contribution in [3.8, 4) is 0 Å². The summed E-state index contributed by atoms with van der Waals surface area (Å²) in [5.74, 6) is 0.427. The van der Waals surface area contributed by atoms with Crippen molar-refractivity contribution < 1.29 is 4.79 Å². The van der Waals surface area contributed by atoms with Gasteiger partial charge in [-0.05, 0) is 18.4 Å². The number of aryl methyl sites for hydroxylation is 1. The van der Waals surface area contributed by atoms with Gasteiger partial charge in [-0.25, -0.2) is 0 Å². The number of rotatable bonds is 5. The minimum Gasteiger partial charge on any atom is -0.340 e. The van der Waals surface area contributed by atoms with E-state index in [9.17, 15) is 4.79 Å². The zero-order valence-electron chi connectivity index (χ0n) is 11.5. The number of carbonyl (C=O) groups excluding carboxylic acids is 1. The van der Waals surface area contributed by atoms with Crippen LogP contribution in [0.1, 0.15) is 30.8 Å². The van der Waals surface area contributed by atoms with E-state index in [4.69, 9.17) is 5.73 Å². The molecule has 1 unspecified atom stereocenters. The first-order chi connectivity index (χ1) is 7.93. The van der Waals surface area contributed by atoms with Crippen LogP contribution < -0.4 is 5.73 Å². The van der Waals surface area contributed by atoms with Crippen LogP contribution in [0.3, 0.4) is 0 Å². The second kappa shape index (κ2) is 7.38. The molecule has 0 fully saturated rings. The van der Waals surface area contributed by atoms with Gasteiger partial charge >= 0.3 is 0 Å². The summed E-state index contributed by atoms with van der Waals surface area (Å²) in [6.07, 6.45) is 2.44. The van der Waals surface area contributed by atoms with Crippen molar-refractivity contribution in [3.63, 3.8) is 0 Å². The van der Waals surface area contributed by atoms with Crippen molar-refractivity contribution in [2.24, 2.45) is 18.7 Å². The van der Waals surface area contributed by atoms with E-state index in [1.54, 1.807) is 35.9 Å². The smallest absolute Gasteiger partial charge is 0.271 e. The van der Waals surface area contributed by atoms with Crippen LogP contribution in [-0.4, -0.2) is 40.2 Å². The Morgan fingerprint density at radius 3 is 2.61 bits per heavy atom. The summed E-state index contributed by atoms with van der Waals surface area (Å²) in [4.78, 5) is 13.7. The van der Waals surface area contributed by atoms with Crippen molar-refractivity contribution in [2.75, 3.05) is 13.6 Å². The molecule has 0 radical (unpaired) electrons. The summed E-state index contributed by atoms with van der Waals surface area (Å²) in [5, 5.41) is 3.99. The molecular weight excluding hydrogens is 252 g/mol. The molecule has 1 amide bonds. The van der Waals surface area contributed by atoms with E-state index < -0.39 is 0 Å². The number of hydrogen-bond acceptors (Lipinski definition) is 3. The summed E-state index contributed by atoms with van der Waals surface area (Å²) >= 11 is 0. The van der Waals surface area contributed by atoms with Crippen LogP contribution in [0.25, 0.3) is 0 Å². The van der Waals surface area contributed by atoms with Crippen molar-refractivity contribution in [1.29, 1.82) is 0 Å². The SMILES string of the molecule is CC(C)C(N)CCN(C)C(=O)c1ccnn1C.Cl. The highest BCUT2D eigenvalue weighted by molar-refractivity contribution is 5.92. The molecule has 0 aliphatic carbocycles. The van der Waals surface area contributed by atoms with Gasteiger partial charge in [-0.3, -0.25) is 9.48 Å². The Morgan fingerprint density at radius 1 is 1.56 bits per heavy atom. The lowest BCUT2D eigenvalue weighted by atomic mass is 10.0. The molecule has 0 saturated heterocycles. The van der Waals surface area contributed by atoms with E-state index >= 15 is 0 Å². The highest BCUT2D eigenvalue weighted by Crippen LogP contribution is 2.06. The predicted molar refractivity (Wildman–Crippen MR) is 74.8 cm³/mol. The summed E-state index contributed by atoms with van der Waals surface area (Å²) in [6.45, 7) is 4.85. The van der Waals surface area contributed by atoms with Crippen LogP contribution in [-0.2, 0) is 7.05 Å². The zero-order chi connectivity index (χ0) is 13.0. The van der Waals surface area contributed by atoms with Gasteiger partial charge in [0.2, 0.25) is 0 Å². The lowest BCUT2D eigenvalue weighted by Crippen LogP contribution is -2.35. The van der Waals surface area contributed by atoms with Crippen molar-refractivity contribution >= 4 is 18.3 Å². The average molecular weight is 275 g/mol. The molecule has 1 rings (SSSR count). The van der Waals surface area contributed by atoms with Gasteiger partial charge in [-0.2, -0.15) is 5.10 Å². The largest absolute Gasteiger partial charge is 0.340 e. The third kappa shape index (κ3) is 4.31. The highest BCUT2D eigenvalue weighted by atomic mass is 35.5. The molecule has 1 aromatic heterocycles. The Hall–Kier alpha value is -1.07. The van der Waals surface area contributed by atoms with Gasteiger partial charge in [0, 0.05) is 32.9 Å². The number of carbonyl (C=O) groups is 1. The normalized spacial score (nSPS) is 12.1. The summed E-state index contributed by atoms with van der Waals surface area (Å²) < 4.78 is 1.58. The quantitative estimate of drug-likeness (QED) is 0.880. The molecule has 5 nitrogen and oxygen atoms in total. The van der Waals surface area contributed by atoms with Crippen molar-refractivity contribution in [1.82, 2.24) is 14.7 Å². The van der Waals surface area contributed by atoms with Gasteiger partial charge in [0.1, 0.15) is 5.69 Å². The number of nitrogens with two attached hydrogens (primary N) is 1. The second-order valence-corrected chi connectivity index (χ2v) is 4.76. The topological polar surface area (TPSA) is 64.2 Å². The monoisotopic (exact) mass is 274 g/mol. The molecule has 0 spiro atoms. The molecule has 104 valence electrons. The van der Waals surface area contributed by atoms with E-state index in [0.29, 0.717) is 18.2 Å². The van der Waals surface area contributed by atoms with E-state index in [1.807, 2.05) is 0 Å². The molecule has 0 aliphatic rings. The fraction of sp³-hybridized carbons (Fsp3) is 0.667. The highest BCUT2D eigenvalue weighted by Gasteiger charge is 2.16. The Labute approximate surface area is 115 Å². The standard InChI is InChI=1S/C12H22N4O.ClH/c1-9(2)10(13)6-8-15(3)12(17)11-5-7-14-16(11)4;/h5,7,9-10H,6,8,13H2,1-4H3;1H. The summed E-state index contributed by atoms with van der Waals surface area (Å²) in [7, 11) is 3.56. The molecule has 0 aromatic carbocycles.